The third-order valence-electron chi connectivity index (χ3n) is 10.1. The fourth-order valence-corrected chi connectivity index (χ4v) is 7.85. The van der Waals surface area contributed by atoms with E-state index in [0.29, 0.717) is 5.82 Å². The number of para-hydroxylation sites is 4. The second-order valence-electron chi connectivity index (χ2n) is 13.0. The Labute approximate surface area is 292 Å². The molecule has 0 spiro atoms. The Morgan fingerprint density at radius 1 is 0.373 bits per heavy atom. The number of fused-ring (bicyclic) bond motifs is 9. The van der Waals surface area contributed by atoms with Crippen LogP contribution < -0.4 is 0 Å². The van der Waals surface area contributed by atoms with Gasteiger partial charge in [-0.05, 0) is 48.5 Å². The lowest BCUT2D eigenvalue weighted by Crippen LogP contribution is -2.02. The molecule has 0 fully saturated rings. The van der Waals surface area contributed by atoms with Crippen molar-refractivity contribution in [3.8, 4) is 34.2 Å². The smallest absolute Gasteiger partial charge is 0.162 e. The summed E-state index contributed by atoms with van der Waals surface area (Å²) < 4.78 is 10.8. The predicted molar refractivity (Wildman–Crippen MR) is 209 cm³/mol. The van der Waals surface area contributed by atoms with E-state index < -0.39 is 0 Å². The van der Waals surface area contributed by atoms with Gasteiger partial charge in [-0.25, -0.2) is 9.97 Å². The maximum absolute atomic E-state index is 6.19. The van der Waals surface area contributed by atoms with Crippen LogP contribution in [0.3, 0.4) is 0 Å². The van der Waals surface area contributed by atoms with Crippen molar-refractivity contribution in [2.24, 2.45) is 0 Å². The highest BCUT2D eigenvalue weighted by molar-refractivity contribution is 6.12. The number of hydrogen-bond donors (Lipinski definition) is 0. The molecule has 4 aromatic heterocycles. The van der Waals surface area contributed by atoms with Crippen LogP contribution in [0, 0.1) is 0 Å². The molecule has 0 aliphatic rings. The lowest BCUT2D eigenvalue weighted by atomic mass is 10.1. The summed E-state index contributed by atoms with van der Waals surface area (Å²) in [7, 11) is 0. The minimum Gasteiger partial charge on any atom is -0.456 e. The summed E-state index contributed by atoms with van der Waals surface area (Å²) in [6.07, 6.45) is 0. The minimum absolute atomic E-state index is 0.670. The summed E-state index contributed by atoms with van der Waals surface area (Å²) in [6.45, 7) is 0. The normalized spacial score (nSPS) is 11.9. The first-order valence-corrected chi connectivity index (χ1v) is 17.2. The summed E-state index contributed by atoms with van der Waals surface area (Å²) in [5, 5.41) is 6.97. The average molecular weight is 653 g/mol. The van der Waals surface area contributed by atoms with Crippen molar-refractivity contribution in [3.05, 3.63) is 170 Å². The van der Waals surface area contributed by atoms with Crippen LogP contribution in [-0.4, -0.2) is 19.1 Å². The van der Waals surface area contributed by atoms with E-state index in [1.54, 1.807) is 0 Å². The Balaban J connectivity index is 1.17. The summed E-state index contributed by atoms with van der Waals surface area (Å²) in [5.41, 5.74) is 10.2. The van der Waals surface area contributed by atoms with Gasteiger partial charge >= 0.3 is 0 Å². The molecule has 0 aliphatic heterocycles. The highest BCUT2D eigenvalue weighted by Crippen LogP contribution is 2.38. The van der Waals surface area contributed by atoms with E-state index in [0.717, 1.165) is 72.3 Å². The molecule has 0 unspecified atom stereocenters. The molecule has 238 valence electrons. The number of furan rings is 1. The molecule has 0 radical (unpaired) electrons. The molecular formula is C46H28N4O. The molecule has 5 heteroatoms. The van der Waals surface area contributed by atoms with Crippen LogP contribution in [0.15, 0.2) is 174 Å². The van der Waals surface area contributed by atoms with Crippen LogP contribution >= 0.6 is 0 Å². The van der Waals surface area contributed by atoms with Crippen molar-refractivity contribution >= 4 is 65.6 Å². The zero-order valence-electron chi connectivity index (χ0n) is 27.4. The van der Waals surface area contributed by atoms with Crippen LogP contribution in [0.2, 0.25) is 0 Å². The second-order valence-corrected chi connectivity index (χ2v) is 13.0. The van der Waals surface area contributed by atoms with E-state index in [-0.39, 0.29) is 0 Å². The molecule has 0 saturated heterocycles. The first kappa shape index (κ1) is 27.9. The molecule has 11 rings (SSSR count). The van der Waals surface area contributed by atoms with Gasteiger partial charge in [0.15, 0.2) is 5.82 Å². The predicted octanol–water partition coefficient (Wildman–Crippen LogP) is 11.9. The van der Waals surface area contributed by atoms with Crippen molar-refractivity contribution in [2.75, 3.05) is 0 Å². The van der Waals surface area contributed by atoms with Crippen molar-refractivity contribution in [2.45, 2.75) is 0 Å². The van der Waals surface area contributed by atoms with Crippen LogP contribution in [0.1, 0.15) is 0 Å². The lowest BCUT2D eigenvalue weighted by Gasteiger charge is -2.13. The highest BCUT2D eigenvalue weighted by atomic mass is 16.3. The van der Waals surface area contributed by atoms with Crippen LogP contribution in [-0.2, 0) is 0 Å². The highest BCUT2D eigenvalue weighted by Gasteiger charge is 2.19. The molecule has 11 aromatic rings. The van der Waals surface area contributed by atoms with Gasteiger partial charge in [0.05, 0.1) is 27.8 Å². The average Bonchev–Trinajstić information content (AvgIpc) is 3.85. The molecular weight excluding hydrogens is 625 g/mol. The summed E-state index contributed by atoms with van der Waals surface area (Å²) in [6, 6.07) is 59.5. The molecule has 4 heterocycles. The molecule has 7 aromatic carbocycles. The van der Waals surface area contributed by atoms with Gasteiger partial charge in [-0.15, -0.1) is 0 Å². The number of benzene rings is 7. The van der Waals surface area contributed by atoms with E-state index in [9.17, 15) is 0 Å². The third kappa shape index (κ3) is 4.22. The first-order valence-electron chi connectivity index (χ1n) is 17.2. The molecule has 0 saturated carbocycles. The van der Waals surface area contributed by atoms with Crippen molar-refractivity contribution < 1.29 is 4.42 Å². The quantitative estimate of drug-likeness (QED) is 0.190. The summed E-state index contributed by atoms with van der Waals surface area (Å²) in [5.74, 6) is 1.50. The van der Waals surface area contributed by atoms with Gasteiger partial charge in [0.2, 0.25) is 0 Å². The number of hydrogen-bond acceptors (Lipinski definition) is 3. The Morgan fingerprint density at radius 3 is 1.69 bits per heavy atom. The van der Waals surface area contributed by atoms with E-state index in [2.05, 4.69) is 161 Å². The van der Waals surface area contributed by atoms with Gasteiger partial charge < -0.3 is 8.98 Å². The summed E-state index contributed by atoms with van der Waals surface area (Å²) in [4.78, 5) is 10.6. The molecule has 0 bridgehead atoms. The third-order valence-corrected chi connectivity index (χ3v) is 10.1. The van der Waals surface area contributed by atoms with Crippen LogP contribution in [0.25, 0.3) is 99.7 Å². The van der Waals surface area contributed by atoms with E-state index in [1.807, 2.05) is 18.2 Å². The van der Waals surface area contributed by atoms with E-state index >= 15 is 0 Å². The monoisotopic (exact) mass is 652 g/mol. The Hall–Kier alpha value is -6.98. The number of rotatable bonds is 4. The van der Waals surface area contributed by atoms with Crippen molar-refractivity contribution in [1.29, 1.82) is 0 Å². The summed E-state index contributed by atoms with van der Waals surface area (Å²) >= 11 is 0. The molecule has 0 N–H and O–H groups in total. The lowest BCUT2D eigenvalue weighted by molar-refractivity contribution is 0.669. The van der Waals surface area contributed by atoms with Crippen LogP contribution in [0.5, 0.6) is 0 Å². The van der Waals surface area contributed by atoms with Crippen molar-refractivity contribution in [3.63, 3.8) is 0 Å². The largest absolute Gasteiger partial charge is 0.456 e. The first-order chi connectivity index (χ1) is 25.3. The van der Waals surface area contributed by atoms with Gasteiger partial charge in [0, 0.05) is 55.2 Å². The molecule has 0 aliphatic carbocycles. The topological polar surface area (TPSA) is 48.8 Å². The van der Waals surface area contributed by atoms with E-state index in [4.69, 9.17) is 14.4 Å². The van der Waals surface area contributed by atoms with Gasteiger partial charge in [0.1, 0.15) is 17.0 Å². The zero-order chi connectivity index (χ0) is 33.5. The Morgan fingerprint density at radius 2 is 0.961 bits per heavy atom. The van der Waals surface area contributed by atoms with Gasteiger partial charge in [-0.2, -0.15) is 0 Å². The Bertz CT molecular complexity index is 3090. The standard InChI is InChI=1S/C46H28N4O/c1-2-12-29(13-3-1)38-28-45(50-40-19-9-5-14-32(40)33-15-6-10-20-41(33)50)48-46(47-38)30-22-24-35-34-16-4-8-18-39(34)49(42(35)26-30)31-23-25-44-37(27-31)36-17-7-11-21-43(36)51-44/h1-28H. The molecule has 51 heavy (non-hydrogen) atoms. The van der Waals surface area contributed by atoms with Gasteiger partial charge in [-0.1, -0.05) is 115 Å². The van der Waals surface area contributed by atoms with Gasteiger partial charge in [0.25, 0.3) is 0 Å². The molecule has 0 atom stereocenters. The maximum atomic E-state index is 6.19. The number of aromatic nitrogens is 4. The van der Waals surface area contributed by atoms with Crippen LogP contribution in [0.4, 0.5) is 0 Å². The SMILES string of the molecule is c1ccc(-c2cc(-n3c4ccccc4c4ccccc43)nc(-c3ccc4c5ccccc5n(-c5ccc6oc7ccccc7c6c5)c4c3)n2)cc1. The van der Waals surface area contributed by atoms with Gasteiger partial charge in [-0.3, -0.25) is 4.57 Å². The maximum Gasteiger partial charge on any atom is 0.162 e. The van der Waals surface area contributed by atoms with E-state index in [1.165, 1.54) is 21.5 Å². The number of nitrogens with zero attached hydrogens (tertiary/aromatic N) is 4. The molecule has 5 nitrogen and oxygen atoms in total. The Kier molecular flexibility index (Phi) is 5.89. The zero-order valence-corrected chi connectivity index (χ0v) is 27.4. The minimum atomic E-state index is 0.670. The molecule has 0 amide bonds. The second kappa shape index (κ2) is 10.8. The fraction of sp³-hybridized carbons (Fsp3) is 0. The fourth-order valence-electron chi connectivity index (χ4n) is 7.85. The van der Waals surface area contributed by atoms with Crippen molar-refractivity contribution in [1.82, 2.24) is 19.1 Å².